The highest BCUT2D eigenvalue weighted by atomic mass is 28.3. The molecule has 198 valence electrons. The first-order valence-corrected chi connectivity index (χ1v) is 17.1. The largest absolute Gasteiger partial charge is 0.396 e. The number of ketones is 1. The van der Waals surface area contributed by atoms with Crippen molar-refractivity contribution in [1.82, 2.24) is 14.5 Å². The second-order valence-corrected chi connectivity index (χ2v) is 18.6. The molecule has 1 unspecified atom stereocenters. The van der Waals surface area contributed by atoms with Gasteiger partial charge >= 0.3 is 0 Å². The number of carbonyl (C=O) groups is 1. The van der Waals surface area contributed by atoms with Gasteiger partial charge in [0.25, 0.3) is 0 Å². The highest BCUT2D eigenvalue weighted by Crippen LogP contribution is 2.52. The van der Waals surface area contributed by atoms with E-state index < -0.39 is 13.5 Å². The van der Waals surface area contributed by atoms with E-state index in [-0.39, 0.29) is 5.78 Å². The molecule has 3 atom stereocenters. The summed E-state index contributed by atoms with van der Waals surface area (Å²) in [5.74, 6) is 1.76. The molecular weight excluding hydrogens is 480 g/mol. The second kappa shape index (κ2) is 9.64. The number of anilines is 1. The molecular formula is C29H40N4O3Si. The Hall–Kier alpha value is -2.55. The highest BCUT2D eigenvalue weighted by Gasteiger charge is 2.55. The predicted octanol–water partition coefficient (Wildman–Crippen LogP) is 5.31. The number of piperidine rings is 1. The molecule has 1 N–H and O–H groups in total. The number of carbonyl (C=O) groups excluding carboxylic acids is 1. The van der Waals surface area contributed by atoms with Gasteiger partial charge < -0.3 is 19.3 Å². The number of aromatic nitrogens is 3. The van der Waals surface area contributed by atoms with Crippen LogP contribution in [-0.4, -0.2) is 59.8 Å². The Kier molecular flexibility index (Phi) is 6.79. The van der Waals surface area contributed by atoms with Crippen LogP contribution in [0.5, 0.6) is 0 Å². The molecule has 1 saturated heterocycles. The summed E-state index contributed by atoms with van der Waals surface area (Å²) in [5.41, 5.74) is 4.28. The third kappa shape index (κ3) is 5.37. The Morgan fingerprint density at radius 1 is 1.19 bits per heavy atom. The second-order valence-electron chi connectivity index (χ2n) is 13.0. The summed E-state index contributed by atoms with van der Waals surface area (Å²) >= 11 is 0. The zero-order chi connectivity index (χ0) is 26.5. The van der Waals surface area contributed by atoms with Gasteiger partial charge in [0, 0.05) is 57.2 Å². The van der Waals surface area contributed by atoms with Gasteiger partial charge in [-0.3, -0.25) is 4.79 Å². The fourth-order valence-corrected chi connectivity index (χ4v) is 6.15. The predicted molar refractivity (Wildman–Crippen MR) is 151 cm³/mol. The maximum Gasteiger partial charge on any atom is 0.171 e. The van der Waals surface area contributed by atoms with Crippen molar-refractivity contribution >= 4 is 30.7 Å². The monoisotopic (exact) mass is 520 g/mol. The first kappa shape index (κ1) is 26.1. The molecule has 1 saturated carbocycles. The molecule has 0 amide bonds. The van der Waals surface area contributed by atoms with Crippen LogP contribution in [-0.2, 0) is 11.5 Å². The summed E-state index contributed by atoms with van der Waals surface area (Å²) < 4.78 is 7.91. The summed E-state index contributed by atoms with van der Waals surface area (Å²) in [4.78, 5) is 25.5. The van der Waals surface area contributed by atoms with E-state index in [0.29, 0.717) is 54.4 Å². The van der Waals surface area contributed by atoms with Crippen molar-refractivity contribution in [3.8, 4) is 11.3 Å². The van der Waals surface area contributed by atoms with Crippen molar-refractivity contribution in [3.63, 3.8) is 0 Å². The Bertz CT molecular complexity index is 1290. The van der Waals surface area contributed by atoms with E-state index >= 15 is 0 Å². The van der Waals surface area contributed by atoms with Crippen molar-refractivity contribution in [2.75, 3.05) is 31.2 Å². The van der Waals surface area contributed by atoms with Crippen LogP contribution in [0.15, 0.2) is 36.7 Å². The Morgan fingerprint density at radius 3 is 2.57 bits per heavy atom. The van der Waals surface area contributed by atoms with E-state index in [2.05, 4.69) is 48.8 Å². The van der Waals surface area contributed by atoms with Crippen LogP contribution in [0.1, 0.15) is 31.1 Å². The van der Waals surface area contributed by atoms with Crippen molar-refractivity contribution in [2.24, 2.45) is 23.2 Å². The topological polar surface area (TPSA) is 80.5 Å². The molecule has 1 aliphatic carbocycles. The van der Waals surface area contributed by atoms with Gasteiger partial charge in [-0.2, -0.15) is 0 Å². The minimum Gasteiger partial charge on any atom is -0.396 e. The lowest BCUT2D eigenvalue weighted by Crippen LogP contribution is -2.24. The number of aliphatic hydroxyl groups excluding tert-OH is 1. The number of fused-ring (bicyclic) bond motifs is 2. The van der Waals surface area contributed by atoms with Crippen molar-refractivity contribution in [1.29, 1.82) is 0 Å². The molecule has 1 aromatic carbocycles. The van der Waals surface area contributed by atoms with E-state index in [9.17, 15) is 9.90 Å². The highest BCUT2D eigenvalue weighted by molar-refractivity contribution is 6.76. The molecule has 3 heterocycles. The van der Waals surface area contributed by atoms with Gasteiger partial charge in [0.2, 0.25) is 0 Å². The maximum atomic E-state index is 13.4. The van der Waals surface area contributed by atoms with Crippen LogP contribution in [0, 0.1) is 23.2 Å². The van der Waals surface area contributed by atoms with Crippen LogP contribution < -0.4 is 4.90 Å². The number of nitrogens with zero attached hydrogens (tertiary/aromatic N) is 4. The van der Waals surface area contributed by atoms with E-state index in [1.807, 2.05) is 31.5 Å². The first-order valence-electron chi connectivity index (χ1n) is 13.4. The summed E-state index contributed by atoms with van der Waals surface area (Å²) in [6.45, 7) is 16.2. The lowest BCUT2D eigenvalue weighted by atomic mass is 9.87. The number of rotatable bonds is 9. The van der Waals surface area contributed by atoms with E-state index in [1.54, 1.807) is 6.20 Å². The molecule has 8 heteroatoms. The lowest BCUT2D eigenvalue weighted by molar-refractivity contribution is 0.0849. The van der Waals surface area contributed by atoms with Gasteiger partial charge in [-0.25, -0.2) is 9.97 Å². The van der Waals surface area contributed by atoms with Crippen LogP contribution in [0.25, 0.3) is 22.4 Å². The quantitative estimate of drug-likeness (QED) is 0.234. The number of ether oxygens (including phenoxy) is 1. The normalized spacial score (nSPS) is 21.5. The van der Waals surface area contributed by atoms with E-state index in [1.165, 1.54) is 5.69 Å². The summed E-state index contributed by atoms with van der Waals surface area (Å²) in [5, 5.41) is 9.49. The Balaban J connectivity index is 1.43. The lowest BCUT2D eigenvalue weighted by Gasteiger charge is -2.22. The first-order chi connectivity index (χ1) is 17.5. The smallest absolute Gasteiger partial charge is 0.171 e. The Labute approximate surface area is 220 Å². The van der Waals surface area contributed by atoms with Gasteiger partial charge in [0.15, 0.2) is 11.4 Å². The van der Waals surface area contributed by atoms with Crippen LogP contribution >= 0.6 is 0 Å². The zero-order valence-electron chi connectivity index (χ0n) is 23.0. The molecule has 0 bridgehead atoms. The van der Waals surface area contributed by atoms with Crippen LogP contribution in [0.4, 0.5) is 5.69 Å². The van der Waals surface area contributed by atoms with Crippen LogP contribution in [0.2, 0.25) is 25.7 Å². The van der Waals surface area contributed by atoms with Gasteiger partial charge in [-0.05, 0) is 35.9 Å². The van der Waals surface area contributed by atoms with Gasteiger partial charge in [-0.1, -0.05) is 52.5 Å². The standard InChI is InChI=1S/C29H40N4O3Si/c1-29(2,3)27(35)23-16-33(18-36-10-11-37(4,5)6)28-26(23)31-25(13-30-28)19-8-7-9-20(12-19)32-14-21-22(15-32)24(21)17-34/h7-9,12-13,16,21-22,24,34H,10-11,14-15,17-18H2,1-6H3/t21-,22+,24?. The summed E-state index contributed by atoms with van der Waals surface area (Å²) in [7, 11) is -1.18. The Morgan fingerprint density at radius 2 is 1.92 bits per heavy atom. The maximum absolute atomic E-state index is 13.4. The SMILES string of the molecule is CC(C)(C)C(=O)c1cn(COCC[Si](C)(C)C)c2ncc(-c3cccc(N4C[C@@H]5C(CO)[C@@H]5C4)c3)nc12. The number of Topliss-reactive ketones (excluding diaryl/α,β-unsaturated/α-hetero) is 1. The molecule has 7 nitrogen and oxygen atoms in total. The number of hydrogen-bond acceptors (Lipinski definition) is 6. The van der Waals surface area contributed by atoms with Crippen molar-refractivity contribution in [2.45, 2.75) is 53.2 Å². The van der Waals surface area contributed by atoms with Gasteiger partial charge in [-0.15, -0.1) is 0 Å². The molecule has 1 aliphatic heterocycles. The average molecular weight is 521 g/mol. The fraction of sp³-hybridized carbons (Fsp3) is 0.552. The van der Waals surface area contributed by atoms with Crippen molar-refractivity contribution < 1.29 is 14.6 Å². The molecule has 37 heavy (non-hydrogen) atoms. The minimum atomic E-state index is -1.18. The van der Waals surface area contributed by atoms with E-state index in [0.717, 1.165) is 30.4 Å². The number of hydrogen-bond donors (Lipinski definition) is 1. The summed E-state index contributed by atoms with van der Waals surface area (Å²) in [6, 6.07) is 9.50. The zero-order valence-corrected chi connectivity index (χ0v) is 24.0. The van der Waals surface area contributed by atoms with E-state index in [4.69, 9.17) is 14.7 Å². The molecule has 2 fully saturated rings. The molecule has 0 spiro atoms. The third-order valence-electron chi connectivity index (χ3n) is 7.81. The molecule has 3 aromatic rings. The molecule has 5 rings (SSSR count). The van der Waals surface area contributed by atoms with Crippen molar-refractivity contribution in [3.05, 3.63) is 42.2 Å². The van der Waals surface area contributed by atoms with Gasteiger partial charge in [0.1, 0.15) is 12.2 Å². The molecule has 0 radical (unpaired) electrons. The fourth-order valence-electron chi connectivity index (χ4n) is 5.39. The van der Waals surface area contributed by atoms with Crippen LogP contribution in [0.3, 0.4) is 0 Å². The minimum absolute atomic E-state index is 0.0493. The number of aliphatic hydroxyl groups is 1. The summed E-state index contributed by atoms with van der Waals surface area (Å²) in [6.07, 6.45) is 3.66. The van der Waals surface area contributed by atoms with Gasteiger partial charge in [0.05, 0.1) is 17.5 Å². The molecule has 2 aliphatic rings. The average Bonchev–Trinajstić information content (AvgIpc) is 3.15. The third-order valence-corrected chi connectivity index (χ3v) is 9.51. The number of benzene rings is 1. The molecule has 2 aromatic heterocycles.